The van der Waals surface area contributed by atoms with Gasteiger partial charge in [0, 0.05) is 32.1 Å². The molecule has 1 aliphatic heterocycles. The van der Waals surface area contributed by atoms with E-state index in [1.54, 1.807) is 6.92 Å². The maximum Gasteiger partial charge on any atom is 0.219 e. The van der Waals surface area contributed by atoms with E-state index < -0.39 is 0 Å². The van der Waals surface area contributed by atoms with Crippen LogP contribution in [0.5, 0.6) is 0 Å². The molecule has 1 fully saturated rings. The first-order valence-electron chi connectivity index (χ1n) is 9.07. The van der Waals surface area contributed by atoms with E-state index in [4.69, 9.17) is 0 Å². The summed E-state index contributed by atoms with van der Waals surface area (Å²) < 4.78 is 0. The fourth-order valence-corrected chi connectivity index (χ4v) is 3.05. The molecule has 0 bridgehead atoms. The van der Waals surface area contributed by atoms with Gasteiger partial charge in [0.05, 0.1) is 0 Å². The molecule has 0 aromatic rings. The maximum atomic E-state index is 11.6. The van der Waals surface area contributed by atoms with Crippen LogP contribution in [0.3, 0.4) is 0 Å². The van der Waals surface area contributed by atoms with Crippen molar-refractivity contribution in [1.82, 2.24) is 14.7 Å². The molecule has 1 heterocycles. The summed E-state index contributed by atoms with van der Waals surface area (Å²) in [6.07, 6.45) is 5.24. The van der Waals surface area contributed by atoms with Gasteiger partial charge in [0.15, 0.2) is 0 Å². The molecule has 4 heteroatoms. The summed E-state index contributed by atoms with van der Waals surface area (Å²) in [6, 6.07) is 0.856. The highest BCUT2D eigenvalue weighted by atomic mass is 16.2. The number of hydrogen-bond donors (Lipinski definition) is 0. The topological polar surface area (TPSA) is 26.8 Å². The molecule has 2 atom stereocenters. The number of carbonyl (C=O) groups excluding carboxylic acids is 1. The Labute approximate surface area is 138 Å². The average molecular weight is 314 g/mol. The Morgan fingerprint density at radius 2 is 1.59 bits per heavy atom. The molecule has 0 aliphatic carbocycles. The summed E-state index contributed by atoms with van der Waals surface area (Å²) in [5, 5.41) is 0. The summed E-state index contributed by atoms with van der Waals surface area (Å²) in [5.74, 6) is 0.215. The van der Waals surface area contributed by atoms with Gasteiger partial charge >= 0.3 is 0 Å². The fraction of sp³-hybridized carbons (Fsp3) is 0.944. The van der Waals surface area contributed by atoms with Crippen LogP contribution in [0.1, 0.15) is 60.3 Å². The minimum atomic E-state index is 0.215. The molecule has 22 heavy (non-hydrogen) atoms. The van der Waals surface area contributed by atoms with Crippen LogP contribution in [0.2, 0.25) is 0 Å². The summed E-state index contributed by atoms with van der Waals surface area (Å²) in [6.45, 7) is 14.4. The molecule has 1 aliphatic rings. The SMILES string of the molecule is CC.CC(=O)N1CC(C)N(CCCCCCN(C)C)CC1C. The molecular formula is C18H39N3O. The van der Waals surface area contributed by atoms with Gasteiger partial charge in [-0.2, -0.15) is 0 Å². The van der Waals surface area contributed by atoms with Crippen LogP contribution in [0.15, 0.2) is 0 Å². The number of hydrogen-bond acceptors (Lipinski definition) is 3. The maximum absolute atomic E-state index is 11.6. The number of carbonyl (C=O) groups is 1. The van der Waals surface area contributed by atoms with Gasteiger partial charge in [-0.05, 0) is 53.9 Å². The van der Waals surface area contributed by atoms with Crippen molar-refractivity contribution in [2.24, 2.45) is 0 Å². The number of rotatable bonds is 7. The molecular weight excluding hydrogens is 274 g/mol. The molecule has 1 saturated heterocycles. The zero-order valence-electron chi connectivity index (χ0n) is 16.1. The van der Waals surface area contributed by atoms with Crippen molar-refractivity contribution in [3.63, 3.8) is 0 Å². The molecule has 1 rings (SSSR count). The van der Waals surface area contributed by atoms with E-state index in [1.807, 2.05) is 18.7 Å². The highest BCUT2D eigenvalue weighted by Gasteiger charge is 2.29. The van der Waals surface area contributed by atoms with Gasteiger partial charge in [-0.15, -0.1) is 0 Å². The van der Waals surface area contributed by atoms with E-state index in [0.29, 0.717) is 12.1 Å². The van der Waals surface area contributed by atoms with Crippen molar-refractivity contribution in [2.75, 3.05) is 40.3 Å². The number of unbranched alkanes of at least 4 members (excludes halogenated alkanes) is 3. The van der Waals surface area contributed by atoms with Crippen LogP contribution in [0, 0.1) is 0 Å². The largest absolute Gasteiger partial charge is 0.337 e. The lowest BCUT2D eigenvalue weighted by Crippen LogP contribution is -2.57. The zero-order valence-corrected chi connectivity index (χ0v) is 16.1. The Hall–Kier alpha value is -0.610. The van der Waals surface area contributed by atoms with Gasteiger partial charge < -0.3 is 9.80 Å². The predicted molar refractivity (Wildman–Crippen MR) is 96.3 cm³/mol. The third kappa shape index (κ3) is 8.14. The Morgan fingerprint density at radius 1 is 1.00 bits per heavy atom. The highest BCUT2D eigenvalue weighted by molar-refractivity contribution is 5.73. The molecule has 1 amide bonds. The van der Waals surface area contributed by atoms with Gasteiger partial charge in [-0.3, -0.25) is 9.69 Å². The molecule has 0 aromatic heterocycles. The van der Waals surface area contributed by atoms with E-state index in [2.05, 4.69) is 37.7 Å². The van der Waals surface area contributed by atoms with Crippen molar-refractivity contribution in [2.45, 2.75) is 72.4 Å². The van der Waals surface area contributed by atoms with Crippen molar-refractivity contribution in [3.05, 3.63) is 0 Å². The van der Waals surface area contributed by atoms with Gasteiger partial charge in [-0.1, -0.05) is 26.7 Å². The van der Waals surface area contributed by atoms with Crippen molar-refractivity contribution < 1.29 is 4.79 Å². The Kier molecular flexibility index (Phi) is 11.6. The first kappa shape index (κ1) is 21.4. The Morgan fingerprint density at radius 3 is 2.14 bits per heavy atom. The lowest BCUT2D eigenvalue weighted by Gasteiger charge is -2.43. The number of nitrogens with zero attached hydrogens (tertiary/aromatic N) is 3. The van der Waals surface area contributed by atoms with Crippen LogP contribution in [-0.2, 0) is 4.79 Å². The summed E-state index contributed by atoms with van der Waals surface area (Å²) in [4.78, 5) is 18.4. The number of piperazine rings is 1. The van der Waals surface area contributed by atoms with Crippen molar-refractivity contribution >= 4 is 5.91 Å². The van der Waals surface area contributed by atoms with Crippen LogP contribution in [0.25, 0.3) is 0 Å². The number of amides is 1. The quantitative estimate of drug-likeness (QED) is 0.676. The first-order chi connectivity index (χ1) is 10.4. The molecule has 0 radical (unpaired) electrons. The summed E-state index contributed by atoms with van der Waals surface area (Å²) in [7, 11) is 4.27. The van der Waals surface area contributed by atoms with Crippen molar-refractivity contribution in [3.8, 4) is 0 Å². The first-order valence-corrected chi connectivity index (χ1v) is 9.07. The highest BCUT2D eigenvalue weighted by Crippen LogP contribution is 2.16. The molecule has 2 unspecified atom stereocenters. The Bertz CT molecular complexity index is 294. The van der Waals surface area contributed by atoms with Gasteiger partial charge in [0.1, 0.15) is 0 Å². The fourth-order valence-electron chi connectivity index (χ4n) is 3.05. The van der Waals surface area contributed by atoms with Gasteiger partial charge in [-0.25, -0.2) is 0 Å². The molecule has 0 saturated carbocycles. The molecule has 4 nitrogen and oxygen atoms in total. The van der Waals surface area contributed by atoms with Crippen molar-refractivity contribution in [1.29, 1.82) is 0 Å². The third-order valence-electron chi connectivity index (χ3n) is 4.32. The van der Waals surface area contributed by atoms with E-state index in [-0.39, 0.29) is 5.91 Å². The Balaban J connectivity index is 0.00000211. The molecule has 0 N–H and O–H groups in total. The van der Waals surface area contributed by atoms with Crippen LogP contribution < -0.4 is 0 Å². The minimum absolute atomic E-state index is 0.215. The van der Waals surface area contributed by atoms with E-state index in [1.165, 1.54) is 38.8 Å². The summed E-state index contributed by atoms with van der Waals surface area (Å²) in [5.41, 5.74) is 0. The van der Waals surface area contributed by atoms with Crippen LogP contribution in [-0.4, -0.2) is 73.0 Å². The summed E-state index contributed by atoms with van der Waals surface area (Å²) >= 11 is 0. The van der Waals surface area contributed by atoms with Gasteiger partial charge in [0.2, 0.25) is 5.91 Å². The smallest absolute Gasteiger partial charge is 0.219 e. The van der Waals surface area contributed by atoms with Crippen LogP contribution >= 0.6 is 0 Å². The monoisotopic (exact) mass is 313 g/mol. The standard InChI is InChI=1S/C16H33N3O.C2H6/c1-14-13-19(16(3)20)15(2)12-18(14)11-9-7-6-8-10-17(4)5;1-2/h14-15H,6-13H2,1-5H3;1-2H3. The average Bonchev–Trinajstić information content (AvgIpc) is 2.47. The lowest BCUT2D eigenvalue weighted by atomic mass is 10.1. The van der Waals surface area contributed by atoms with E-state index in [0.717, 1.165) is 13.1 Å². The zero-order chi connectivity index (χ0) is 17.1. The molecule has 0 spiro atoms. The molecule has 0 aromatic carbocycles. The van der Waals surface area contributed by atoms with Crippen LogP contribution in [0.4, 0.5) is 0 Å². The lowest BCUT2D eigenvalue weighted by molar-refractivity contribution is -0.134. The van der Waals surface area contributed by atoms with E-state index >= 15 is 0 Å². The molecule has 132 valence electrons. The normalized spacial score (nSPS) is 22.5. The van der Waals surface area contributed by atoms with Gasteiger partial charge in [0.25, 0.3) is 0 Å². The minimum Gasteiger partial charge on any atom is -0.337 e. The second-order valence-electron chi connectivity index (χ2n) is 6.58. The second-order valence-corrected chi connectivity index (χ2v) is 6.58. The van der Waals surface area contributed by atoms with E-state index in [9.17, 15) is 4.79 Å². The predicted octanol–water partition coefficient (Wildman–Crippen LogP) is 3.08. The second kappa shape index (κ2) is 11.9. The third-order valence-corrected chi connectivity index (χ3v) is 4.32.